The smallest absolute Gasteiger partial charge is 0.319 e. The van der Waals surface area contributed by atoms with E-state index in [0.29, 0.717) is 24.0 Å². The second-order valence-corrected chi connectivity index (χ2v) is 8.13. The molecule has 1 aliphatic rings. The molecule has 1 heterocycles. The lowest BCUT2D eigenvalue weighted by Gasteiger charge is -2.08. The minimum absolute atomic E-state index is 0.143. The monoisotopic (exact) mass is 436 g/mol. The van der Waals surface area contributed by atoms with Gasteiger partial charge in [0, 0.05) is 28.4 Å². The van der Waals surface area contributed by atoms with E-state index in [9.17, 15) is 9.59 Å². The number of amides is 3. The zero-order valence-electron chi connectivity index (χ0n) is 17.2. The third-order valence-electron chi connectivity index (χ3n) is 4.64. The molecule has 1 aromatic heterocycles. The van der Waals surface area contributed by atoms with Gasteiger partial charge in [-0.25, -0.2) is 9.78 Å². The summed E-state index contributed by atoms with van der Waals surface area (Å²) in [6.07, 6.45) is 2.27. The number of nitrogens with zero attached hydrogens (tertiary/aromatic N) is 1. The molecule has 0 spiro atoms. The van der Waals surface area contributed by atoms with Gasteiger partial charge in [-0.05, 0) is 68.3 Å². The van der Waals surface area contributed by atoms with E-state index in [1.807, 2.05) is 36.6 Å². The minimum Gasteiger partial charge on any atom is -0.494 e. The van der Waals surface area contributed by atoms with E-state index in [2.05, 4.69) is 20.9 Å². The number of anilines is 2. The van der Waals surface area contributed by atoms with Crippen molar-refractivity contribution in [3.8, 4) is 16.3 Å². The van der Waals surface area contributed by atoms with Crippen molar-refractivity contribution in [1.82, 2.24) is 10.3 Å². The van der Waals surface area contributed by atoms with Crippen molar-refractivity contribution in [1.29, 1.82) is 0 Å². The van der Waals surface area contributed by atoms with Crippen LogP contribution in [0, 0.1) is 0 Å². The first kappa shape index (κ1) is 20.9. The van der Waals surface area contributed by atoms with Crippen molar-refractivity contribution in [2.45, 2.75) is 32.2 Å². The number of rotatable bonds is 8. The van der Waals surface area contributed by atoms with E-state index < -0.39 is 0 Å². The number of ether oxygens (including phenoxy) is 1. The molecular weight excluding hydrogens is 412 g/mol. The molecule has 0 unspecified atom stereocenters. The average molecular weight is 437 g/mol. The van der Waals surface area contributed by atoms with Crippen LogP contribution in [0.4, 0.5) is 16.2 Å². The highest BCUT2D eigenvalue weighted by molar-refractivity contribution is 7.13. The molecule has 0 saturated heterocycles. The van der Waals surface area contributed by atoms with Gasteiger partial charge in [0.1, 0.15) is 10.8 Å². The van der Waals surface area contributed by atoms with Gasteiger partial charge >= 0.3 is 6.03 Å². The van der Waals surface area contributed by atoms with Crippen LogP contribution in [0.15, 0.2) is 53.9 Å². The molecule has 3 aromatic rings. The van der Waals surface area contributed by atoms with Crippen LogP contribution in [-0.4, -0.2) is 29.6 Å². The Kier molecular flexibility index (Phi) is 6.47. The van der Waals surface area contributed by atoms with Gasteiger partial charge in [-0.15, -0.1) is 11.3 Å². The molecule has 0 bridgehead atoms. The van der Waals surface area contributed by atoms with Crippen molar-refractivity contribution >= 4 is 34.6 Å². The number of urea groups is 1. The Morgan fingerprint density at radius 2 is 1.71 bits per heavy atom. The van der Waals surface area contributed by atoms with Crippen LogP contribution >= 0.6 is 11.3 Å². The zero-order valence-corrected chi connectivity index (χ0v) is 18.0. The molecule has 1 fully saturated rings. The van der Waals surface area contributed by atoms with Crippen molar-refractivity contribution in [3.05, 3.63) is 59.6 Å². The van der Waals surface area contributed by atoms with Crippen LogP contribution < -0.4 is 20.7 Å². The summed E-state index contributed by atoms with van der Waals surface area (Å²) in [5.74, 6) is 0.683. The van der Waals surface area contributed by atoms with Gasteiger partial charge in [0.05, 0.1) is 18.7 Å². The van der Waals surface area contributed by atoms with Crippen LogP contribution in [0.3, 0.4) is 0 Å². The lowest BCUT2D eigenvalue weighted by Crippen LogP contribution is -2.30. The Balaban J connectivity index is 1.29. The molecule has 0 radical (unpaired) electrons. The van der Waals surface area contributed by atoms with Gasteiger partial charge in [-0.2, -0.15) is 0 Å². The lowest BCUT2D eigenvalue weighted by atomic mass is 10.2. The molecule has 3 N–H and O–H groups in total. The zero-order chi connectivity index (χ0) is 21.6. The summed E-state index contributed by atoms with van der Waals surface area (Å²) in [6.45, 7) is 2.58. The predicted octanol–water partition coefficient (Wildman–Crippen LogP) is 4.67. The average Bonchev–Trinajstić information content (AvgIpc) is 3.45. The Hall–Kier alpha value is -3.39. The maximum absolute atomic E-state index is 12.4. The van der Waals surface area contributed by atoms with Crippen LogP contribution in [0.5, 0.6) is 5.75 Å². The van der Waals surface area contributed by atoms with E-state index >= 15 is 0 Å². The van der Waals surface area contributed by atoms with Crippen molar-refractivity contribution in [3.63, 3.8) is 0 Å². The molecule has 0 aliphatic heterocycles. The standard InChI is InChI=1S/C23H24N4O3S/c1-2-30-20-11-3-15(4-12-20)22-25-19(14-31-22)13-21(28)24-16-5-7-17(8-6-16)26-23(29)27-18-9-10-18/h3-8,11-12,14,18H,2,9-10,13H2,1H3,(H,24,28)(H2,26,27,29). The number of carbonyl (C=O) groups excluding carboxylic acids is 2. The Morgan fingerprint density at radius 1 is 1.03 bits per heavy atom. The highest BCUT2D eigenvalue weighted by Crippen LogP contribution is 2.26. The van der Waals surface area contributed by atoms with E-state index in [1.54, 1.807) is 24.3 Å². The SMILES string of the molecule is CCOc1ccc(-c2nc(CC(=O)Nc3ccc(NC(=O)NC4CC4)cc3)cs2)cc1. The molecule has 4 rings (SSSR count). The van der Waals surface area contributed by atoms with Gasteiger partial charge in [0.15, 0.2) is 0 Å². The first-order chi connectivity index (χ1) is 15.1. The fourth-order valence-corrected chi connectivity index (χ4v) is 3.79. The molecule has 8 heteroatoms. The summed E-state index contributed by atoms with van der Waals surface area (Å²) in [4.78, 5) is 28.7. The Bertz CT molecular complexity index is 1040. The summed E-state index contributed by atoms with van der Waals surface area (Å²) >= 11 is 1.51. The third kappa shape index (κ3) is 6.05. The highest BCUT2D eigenvalue weighted by atomic mass is 32.1. The topological polar surface area (TPSA) is 92.3 Å². The van der Waals surface area contributed by atoms with Crippen LogP contribution in [0.2, 0.25) is 0 Å². The normalized spacial score (nSPS) is 12.8. The van der Waals surface area contributed by atoms with Gasteiger partial charge in [-0.1, -0.05) is 0 Å². The quantitative estimate of drug-likeness (QED) is 0.478. The maximum atomic E-state index is 12.4. The van der Waals surface area contributed by atoms with Gasteiger partial charge in [-0.3, -0.25) is 4.79 Å². The molecule has 1 saturated carbocycles. The number of thiazole rings is 1. The van der Waals surface area contributed by atoms with Crippen LogP contribution in [0.25, 0.3) is 10.6 Å². The summed E-state index contributed by atoms with van der Waals surface area (Å²) in [6, 6.07) is 14.9. The first-order valence-corrected chi connectivity index (χ1v) is 11.1. The van der Waals surface area contributed by atoms with Crippen molar-refractivity contribution < 1.29 is 14.3 Å². The minimum atomic E-state index is -0.203. The molecule has 31 heavy (non-hydrogen) atoms. The lowest BCUT2D eigenvalue weighted by molar-refractivity contribution is -0.115. The summed E-state index contributed by atoms with van der Waals surface area (Å²) in [5.41, 5.74) is 3.06. The number of benzene rings is 2. The van der Waals surface area contributed by atoms with Gasteiger partial charge in [0.25, 0.3) is 0 Å². The number of aromatic nitrogens is 1. The molecule has 2 aromatic carbocycles. The van der Waals surface area contributed by atoms with Gasteiger partial charge in [0.2, 0.25) is 5.91 Å². The molecule has 7 nitrogen and oxygen atoms in total. The highest BCUT2D eigenvalue weighted by Gasteiger charge is 2.23. The van der Waals surface area contributed by atoms with E-state index in [1.165, 1.54) is 11.3 Å². The van der Waals surface area contributed by atoms with E-state index in [-0.39, 0.29) is 18.4 Å². The Morgan fingerprint density at radius 3 is 2.35 bits per heavy atom. The molecule has 0 atom stereocenters. The second kappa shape index (κ2) is 9.61. The maximum Gasteiger partial charge on any atom is 0.319 e. The van der Waals surface area contributed by atoms with Crippen molar-refractivity contribution in [2.75, 3.05) is 17.2 Å². The van der Waals surface area contributed by atoms with E-state index in [0.717, 1.165) is 34.9 Å². The van der Waals surface area contributed by atoms with Crippen LogP contribution in [0.1, 0.15) is 25.5 Å². The van der Waals surface area contributed by atoms with Gasteiger partial charge < -0.3 is 20.7 Å². The molecule has 160 valence electrons. The van der Waals surface area contributed by atoms with Crippen LogP contribution in [-0.2, 0) is 11.2 Å². The Labute approximate surface area is 184 Å². The summed E-state index contributed by atoms with van der Waals surface area (Å²) in [7, 11) is 0. The summed E-state index contributed by atoms with van der Waals surface area (Å²) in [5, 5.41) is 11.3. The largest absolute Gasteiger partial charge is 0.494 e. The molecular formula is C23H24N4O3S. The number of nitrogens with one attached hydrogen (secondary N) is 3. The summed E-state index contributed by atoms with van der Waals surface area (Å²) < 4.78 is 5.46. The first-order valence-electron chi connectivity index (χ1n) is 10.2. The van der Waals surface area contributed by atoms with Crippen molar-refractivity contribution in [2.24, 2.45) is 0 Å². The molecule has 1 aliphatic carbocycles. The fraction of sp³-hybridized carbons (Fsp3) is 0.261. The third-order valence-corrected chi connectivity index (χ3v) is 5.58. The number of hydrogen-bond acceptors (Lipinski definition) is 5. The fourth-order valence-electron chi connectivity index (χ4n) is 2.97. The van der Waals surface area contributed by atoms with E-state index in [4.69, 9.17) is 4.74 Å². The second-order valence-electron chi connectivity index (χ2n) is 7.28. The predicted molar refractivity (Wildman–Crippen MR) is 123 cm³/mol. The molecule has 3 amide bonds. The number of hydrogen-bond donors (Lipinski definition) is 3. The number of carbonyl (C=O) groups is 2.